The molecule has 4 heterocycles. The van der Waals surface area contributed by atoms with Crippen molar-refractivity contribution in [1.82, 2.24) is 0 Å². The topological polar surface area (TPSA) is 55.4 Å². The number of methoxy groups -OCH3 is 6. The van der Waals surface area contributed by atoms with Gasteiger partial charge in [-0.15, -0.1) is 0 Å². The number of halogens is 12. The Morgan fingerprint density at radius 2 is 0.530 bits per heavy atom. The lowest BCUT2D eigenvalue weighted by molar-refractivity contribution is -0.258. The van der Waals surface area contributed by atoms with Crippen molar-refractivity contribution in [1.29, 1.82) is 0 Å². The van der Waals surface area contributed by atoms with Gasteiger partial charge in [0, 0.05) is 136 Å². The summed E-state index contributed by atoms with van der Waals surface area (Å²) in [5.41, 5.74) is 2.93. The summed E-state index contributed by atoms with van der Waals surface area (Å²) in [6.45, 7) is 6.08. The third-order valence-electron chi connectivity index (χ3n) is 32.4. The lowest BCUT2D eigenvalue weighted by Gasteiger charge is -2.63. The maximum absolute atomic E-state index is 16.8. The van der Waals surface area contributed by atoms with E-state index in [0.29, 0.717) is 77.0 Å². The number of rotatable bonds is 14. The number of fused-ring (bicyclic) bond motifs is 10. The van der Waals surface area contributed by atoms with Crippen LogP contribution in [0.25, 0.3) is 41.2 Å². The zero-order chi connectivity index (χ0) is 92.0. The lowest BCUT2D eigenvalue weighted by atomic mass is 9.41. The van der Waals surface area contributed by atoms with Gasteiger partial charge in [-0.05, 0) is 253 Å². The van der Waals surface area contributed by atoms with Crippen LogP contribution in [-0.4, -0.2) is 97.9 Å². The summed E-state index contributed by atoms with van der Waals surface area (Å²) >= 11 is 4.15. The second-order valence-corrected chi connectivity index (χ2v) is 43.8. The van der Waals surface area contributed by atoms with Crippen LogP contribution in [0.2, 0.25) is 0 Å². The first kappa shape index (κ1) is 86.6. The first-order valence-electron chi connectivity index (χ1n) is 44.8. The molecule has 9 aromatic rings. The van der Waals surface area contributed by atoms with E-state index in [1.807, 2.05) is 48.5 Å². The first-order chi connectivity index (χ1) is 63.0. The van der Waals surface area contributed by atoms with E-state index < -0.39 is 99.9 Å². The van der Waals surface area contributed by atoms with E-state index in [1.165, 1.54) is 67.3 Å². The molecule has 4 aliphatic heterocycles. The molecule has 8 unspecified atom stereocenters. The summed E-state index contributed by atoms with van der Waals surface area (Å²) in [5.74, 6) is -15.1. The van der Waals surface area contributed by atoms with Crippen molar-refractivity contribution in [2.75, 3.05) is 42.7 Å². The summed E-state index contributed by atoms with van der Waals surface area (Å²) in [5, 5.41) is 3.31. The number of hydrogen-bond donors (Lipinski definition) is 0. The van der Waals surface area contributed by atoms with E-state index in [4.69, 9.17) is 28.4 Å². The minimum atomic E-state index is -5.77. The van der Waals surface area contributed by atoms with Gasteiger partial charge in [-0.25, -0.2) is 0 Å². The lowest BCUT2D eigenvalue weighted by Crippen LogP contribution is -2.56. The van der Waals surface area contributed by atoms with Crippen molar-refractivity contribution in [2.45, 2.75) is 182 Å². The maximum Gasteiger partial charge on any atom is 0.380 e. The van der Waals surface area contributed by atoms with Crippen LogP contribution in [-0.2, 0) is 40.6 Å². The van der Waals surface area contributed by atoms with Gasteiger partial charge in [-0.3, -0.25) is 0 Å². The van der Waals surface area contributed by atoms with Gasteiger partial charge in [0.05, 0.1) is 14.2 Å². The summed E-state index contributed by atoms with van der Waals surface area (Å²) in [6, 6.07) is 63.4. The van der Waals surface area contributed by atoms with E-state index in [9.17, 15) is 0 Å². The molecule has 16 aliphatic rings. The maximum atomic E-state index is 16.8. The molecule has 9 aromatic carbocycles. The smallest absolute Gasteiger partial charge is 0.380 e. The average Bonchev–Trinajstić information content (AvgIpc) is 1.47. The summed E-state index contributed by atoms with van der Waals surface area (Å²) < 4.78 is 237. The molecule has 0 aromatic heterocycles. The fourth-order valence-electron chi connectivity index (χ4n) is 27.8. The summed E-state index contributed by atoms with van der Waals surface area (Å²) in [7, 11) is 8.49. The fraction of sp³-hybridized carbons (Fsp3) is 0.364. The highest BCUT2D eigenvalue weighted by Gasteiger charge is 2.88. The predicted octanol–water partition coefficient (Wildman–Crippen LogP) is 28.1. The van der Waals surface area contributed by atoms with Crippen LogP contribution >= 0.6 is 47.0 Å². The van der Waals surface area contributed by atoms with Crippen molar-refractivity contribution < 1.29 is 81.1 Å². The SMILES string of the molecule is COc1cccc2c(C#Cc3ccc(C45C[C@H]6C[C@@H](C4)CC(c4ccc(C7=C(C)C8=C9C(=C%10C(C)=C(c%11ccccc%11)SC%10(OC)C8(OC)S7)C(F)(F)C(F)(F)C9(F)F)cc4)(C6)C5)cc3)c3c(OC)cccc3c(C#Cc3ccc(C45C[C@H]6C[C@@H](C4)CC(c4ccc(C7=C(C)C8=C9C(=C%10C(C)=C(c%11ccccc%11)SC%10(OC)C8(OC)S7)C(F)(F)C(F)(F)C9(F)F)cc4)(C6)C5)cc3)c12. The van der Waals surface area contributed by atoms with E-state index in [0.717, 1.165) is 179 Å². The molecule has 22 heteroatoms. The van der Waals surface area contributed by atoms with Crippen LogP contribution in [0.3, 0.4) is 0 Å². The third-order valence-corrected chi connectivity index (χ3v) is 39.4. The predicted molar refractivity (Wildman–Crippen MR) is 499 cm³/mol. The number of thioether (sulfide) groups is 4. The Hall–Kier alpha value is -9.46. The van der Waals surface area contributed by atoms with Gasteiger partial charge in [0.15, 0.2) is 19.7 Å². The van der Waals surface area contributed by atoms with Crippen molar-refractivity contribution >= 4 is 88.2 Å². The van der Waals surface area contributed by atoms with E-state index >= 15 is 52.7 Å². The quantitative estimate of drug-likeness (QED) is 0.0598. The molecule has 132 heavy (non-hydrogen) atoms. The number of alkyl halides is 12. The highest BCUT2D eigenvalue weighted by atomic mass is 32.2. The second-order valence-electron chi connectivity index (χ2n) is 39.1. The summed E-state index contributed by atoms with van der Waals surface area (Å²) in [6.07, 6.45) is 12.2. The Morgan fingerprint density at radius 1 is 0.280 bits per heavy atom. The fourth-order valence-corrected chi connectivity index (χ4v) is 34.5. The van der Waals surface area contributed by atoms with Crippen LogP contribution in [0.4, 0.5) is 52.7 Å². The van der Waals surface area contributed by atoms with Gasteiger partial charge in [0.2, 0.25) is 0 Å². The molecule has 0 saturated heterocycles. The Labute approximate surface area is 775 Å². The molecule has 12 aliphatic carbocycles. The second kappa shape index (κ2) is 29.1. The molecule has 0 spiro atoms. The third kappa shape index (κ3) is 11.1. The number of benzene rings is 9. The van der Waals surface area contributed by atoms with E-state index in [2.05, 4.69) is 109 Å². The minimum absolute atomic E-state index is 0.133. The Kier molecular flexibility index (Phi) is 19.1. The molecule has 0 radical (unpaired) electrons. The molecule has 674 valence electrons. The van der Waals surface area contributed by atoms with Gasteiger partial charge in [-0.1, -0.05) is 228 Å². The van der Waals surface area contributed by atoms with Gasteiger partial charge in [0.25, 0.3) is 0 Å². The number of ether oxygens (including phenoxy) is 6. The van der Waals surface area contributed by atoms with Gasteiger partial charge in [-0.2, -0.15) is 52.7 Å². The normalized spacial score (nSPS) is 32.0. The van der Waals surface area contributed by atoms with E-state index in [1.54, 1.807) is 74.9 Å². The van der Waals surface area contributed by atoms with Crippen LogP contribution in [0.5, 0.6) is 11.5 Å². The van der Waals surface area contributed by atoms with Crippen LogP contribution < -0.4 is 9.47 Å². The Bertz CT molecular complexity index is 6540. The molecule has 6 nitrogen and oxygen atoms in total. The number of allylic oxidation sites excluding steroid dienone is 4. The highest BCUT2D eigenvalue weighted by molar-refractivity contribution is 8.14. The van der Waals surface area contributed by atoms with Crippen molar-refractivity contribution in [3.8, 4) is 35.2 Å². The molecule has 0 N–H and O–H groups in total. The molecule has 8 bridgehead atoms. The molecular formula is C110H90F12O6S4. The van der Waals surface area contributed by atoms with Crippen molar-refractivity contribution in [3.05, 3.63) is 328 Å². The first-order valence-corrected chi connectivity index (χ1v) is 48.1. The van der Waals surface area contributed by atoms with Gasteiger partial charge >= 0.3 is 35.5 Å². The summed E-state index contributed by atoms with van der Waals surface area (Å²) in [4.78, 5) is -6.31. The number of hydrogen-bond acceptors (Lipinski definition) is 10. The average molecular weight is 1860 g/mol. The molecular weight excluding hydrogens is 1770 g/mol. The van der Waals surface area contributed by atoms with Gasteiger partial charge < -0.3 is 28.4 Å². The van der Waals surface area contributed by atoms with Gasteiger partial charge in [0.1, 0.15) is 11.5 Å². The zero-order valence-electron chi connectivity index (χ0n) is 73.9. The minimum Gasteiger partial charge on any atom is -0.496 e. The van der Waals surface area contributed by atoms with E-state index in [-0.39, 0.29) is 44.0 Å². The molecule has 10 fully saturated rings. The van der Waals surface area contributed by atoms with Crippen molar-refractivity contribution in [3.63, 3.8) is 0 Å². The standard InChI is InChI=1S/C110H90F12O6S4/c1-59-85-89-91(103(115,116)109(119,120)101(89,111)112)87-61(3)95(131-107(87,127-9)105(85,125-7)129-93(59)69-19-13-11-14-20-69)71-33-41-75(42-34-71)99-53-65-47-66(54-99)50-97(49-65,57-99)73-37-27-63(28-38-73)31-45-79-77-23-17-26-82(124-6)84(77)80(78-24-18-25-81(123-5)83(78)79)46-32-64-29-39-74(40-30-64)98-51-67-48-68(52-98)56-100(55-67,58-98)76-43-35-72(36-44-76)96-62(4)88-92-90(102(113,114)110(121,122)104(92,117)118)86-60(2)94(70-21-15-12-16-22-70)130-106(86,126-8)108(88,128-10)132-96/h11-30,33-44,65-68H,47-58H2,1-10H3/t65-,66+,67-,68+,97?,98?,99?,100?,105?,106?,107?,108?. The Balaban J connectivity index is 0.521. The molecule has 10 saturated carbocycles. The monoisotopic (exact) mass is 1860 g/mol. The highest BCUT2D eigenvalue weighted by Crippen LogP contribution is 2.82. The molecule has 0 amide bonds. The van der Waals surface area contributed by atoms with Crippen LogP contribution in [0.15, 0.2) is 261 Å². The Morgan fingerprint density at radius 3 is 0.780 bits per heavy atom. The molecule has 12 atom stereocenters. The van der Waals surface area contributed by atoms with Crippen molar-refractivity contribution in [2.24, 2.45) is 23.7 Å². The zero-order valence-corrected chi connectivity index (χ0v) is 77.2. The van der Waals surface area contributed by atoms with Crippen LogP contribution in [0.1, 0.15) is 172 Å². The largest absolute Gasteiger partial charge is 0.496 e. The molecule has 25 rings (SSSR count). The van der Waals surface area contributed by atoms with Crippen LogP contribution in [0, 0.1) is 47.4 Å².